The number of rotatable bonds is 7. The molecule has 7 heteroatoms. The van der Waals surface area contributed by atoms with Crippen LogP contribution in [0.3, 0.4) is 0 Å². The minimum absolute atomic E-state index is 0.243. The van der Waals surface area contributed by atoms with Crippen LogP contribution in [0.1, 0.15) is 36.8 Å². The Kier molecular flexibility index (Phi) is 6.74. The summed E-state index contributed by atoms with van der Waals surface area (Å²) in [5, 5.41) is 4.38. The number of hydrogen-bond acceptors (Lipinski definition) is 5. The minimum Gasteiger partial charge on any atom is -0.404 e. The van der Waals surface area contributed by atoms with Gasteiger partial charge in [-0.15, -0.1) is 0 Å². The van der Waals surface area contributed by atoms with E-state index < -0.39 is 5.91 Å². The number of nitrogens with zero attached hydrogens (tertiary/aromatic N) is 3. The average molecular weight is 479 g/mol. The van der Waals surface area contributed by atoms with Crippen LogP contribution in [-0.4, -0.2) is 26.0 Å². The van der Waals surface area contributed by atoms with Crippen LogP contribution in [-0.2, 0) is 0 Å². The van der Waals surface area contributed by atoms with Crippen LogP contribution in [0.2, 0.25) is 0 Å². The number of hydrogen-bond donors (Lipinski definition) is 3. The Morgan fingerprint density at radius 2 is 1.94 bits per heavy atom. The predicted molar refractivity (Wildman–Crippen MR) is 148 cm³/mol. The highest BCUT2D eigenvalue weighted by Gasteiger charge is 2.17. The third-order valence-corrected chi connectivity index (χ3v) is 5.60. The SMILES string of the molecule is C=C/C=C\C(=C/N)c1cn(-c2cccc3c(-c4ccc(C(N)=O)c(NC(C)(C)C)c4)ccnc23)cn1. The molecule has 0 unspecified atom stereocenters. The zero-order valence-electron chi connectivity index (χ0n) is 20.7. The molecule has 0 fully saturated rings. The van der Waals surface area contributed by atoms with Crippen molar-refractivity contribution in [3.8, 4) is 16.8 Å². The first-order valence-corrected chi connectivity index (χ1v) is 11.6. The van der Waals surface area contributed by atoms with E-state index in [2.05, 4.69) is 16.9 Å². The molecule has 7 nitrogen and oxygen atoms in total. The third kappa shape index (κ3) is 5.05. The molecule has 2 heterocycles. The fraction of sp³-hybridized carbons (Fsp3) is 0.138. The predicted octanol–water partition coefficient (Wildman–Crippen LogP) is 5.44. The lowest BCUT2D eigenvalue weighted by molar-refractivity contribution is 0.100. The lowest BCUT2D eigenvalue weighted by atomic mass is 9.97. The number of primary amides is 1. The number of benzene rings is 2. The summed E-state index contributed by atoms with van der Waals surface area (Å²) < 4.78 is 1.93. The Bertz CT molecular complexity index is 1500. The van der Waals surface area contributed by atoms with E-state index in [-0.39, 0.29) is 5.54 Å². The van der Waals surface area contributed by atoms with Gasteiger partial charge in [0.1, 0.15) is 0 Å². The Morgan fingerprint density at radius 3 is 2.64 bits per heavy atom. The molecule has 4 aromatic rings. The lowest BCUT2D eigenvalue weighted by Gasteiger charge is -2.24. The van der Waals surface area contributed by atoms with Gasteiger partial charge in [-0.1, -0.05) is 43.0 Å². The molecule has 36 heavy (non-hydrogen) atoms. The van der Waals surface area contributed by atoms with Crippen LogP contribution in [0.25, 0.3) is 33.3 Å². The number of carbonyl (C=O) groups excluding carboxylic acids is 1. The minimum atomic E-state index is -0.472. The number of nitrogens with one attached hydrogen (secondary N) is 1. The molecule has 2 aromatic carbocycles. The van der Waals surface area contributed by atoms with Crippen LogP contribution < -0.4 is 16.8 Å². The van der Waals surface area contributed by atoms with Crippen LogP contribution in [0, 0.1) is 0 Å². The number of imidazole rings is 1. The van der Waals surface area contributed by atoms with Crippen molar-refractivity contribution in [3.63, 3.8) is 0 Å². The summed E-state index contributed by atoms with van der Waals surface area (Å²) in [7, 11) is 0. The molecule has 0 atom stereocenters. The lowest BCUT2D eigenvalue weighted by Crippen LogP contribution is -2.28. The zero-order valence-corrected chi connectivity index (χ0v) is 20.7. The first kappa shape index (κ1) is 24.5. The molecule has 0 bridgehead atoms. The van der Waals surface area contributed by atoms with Gasteiger partial charge < -0.3 is 21.4 Å². The van der Waals surface area contributed by atoms with E-state index in [0.29, 0.717) is 11.3 Å². The summed E-state index contributed by atoms with van der Waals surface area (Å²) in [6.45, 7) is 9.82. The molecule has 0 saturated heterocycles. The smallest absolute Gasteiger partial charge is 0.250 e. The number of nitrogens with two attached hydrogens (primary N) is 2. The van der Waals surface area contributed by atoms with Gasteiger partial charge in [0, 0.05) is 40.8 Å². The Morgan fingerprint density at radius 1 is 1.14 bits per heavy atom. The van der Waals surface area contributed by atoms with Gasteiger partial charge in [-0.2, -0.15) is 0 Å². The van der Waals surface area contributed by atoms with Gasteiger partial charge in [0.15, 0.2) is 0 Å². The Balaban J connectivity index is 1.83. The van der Waals surface area contributed by atoms with Crippen LogP contribution in [0.15, 0.2) is 92.2 Å². The molecule has 0 aliphatic rings. The second-order valence-electron chi connectivity index (χ2n) is 9.41. The number of carbonyl (C=O) groups is 1. The van der Waals surface area contributed by atoms with Crippen molar-refractivity contribution in [2.24, 2.45) is 11.5 Å². The van der Waals surface area contributed by atoms with Gasteiger partial charge in [0.2, 0.25) is 0 Å². The molecule has 0 radical (unpaired) electrons. The third-order valence-electron chi connectivity index (χ3n) is 5.60. The summed E-state index contributed by atoms with van der Waals surface area (Å²) in [4.78, 5) is 21.3. The Hall–Kier alpha value is -4.65. The second-order valence-corrected chi connectivity index (χ2v) is 9.41. The van der Waals surface area contributed by atoms with Gasteiger partial charge in [-0.3, -0.25) is 9.78 Å². The highest BCUT2D eigenvalue weighted by molar-refractivity contribution is 6.02. The van der Waals surface area contributed by atoms with Gasteiger partial charge in [0.25, 0.3) is 5.91 Å². The normalized spacial score (nSPS) is 12.2. The van der Waals surface area contributed by atoms with Crippen LogP contribution in [0.5, 0.6) is 0 Å². The zero-order chi connectivity index (χ0) is 25.9. The number of aromatic nitrogens is 3. The molecule has 0 saturated carbocycles. The van der Waals surface area contributed by atoms with Crippen molar-refractivity contribution in [2.45, 2.75) is 26.3 Å². The quantitative estimate of drug-likeness (QED) is 0.306. The maximum Gasteiger partial charge on any atom is 0.250 e. The number of para-hydroxylation sites is 1. The molecule has 1 amide bonds. The molecular formula is C29H30N6O. The van der Waals surface area contributed by atoms with Crippen LogP contribution >= 0.6 is 0 Å². The van der Waals surface area contributed by atoms with E-state index >= 15 is 0 Å². The first-order chi connectivity index (χ1) is 17.2. The maximum atomic E-state index is 12.0. The monoisotopic (exact) mass is 478 g/mol. The van der Waals surface area contributed by atoms with Crippen molar-refractivity contribution < 1.29 is 4.79 Å². The maximum absolute atomic E-state index is 12.0. The van der Waals surface area contributed by atoms with Crippen molar-refractivity contribution in [2.75, 3.05) is 5.32 Å². The van der Waals surface area contributed by atoms with Crippen molar-refractivity contribution in [1.82, 2.24) is 14.5 Å². The highest BCUT2D eigenvalue weighted by atomic mass is 16.1. The van der Waals surface area contributed by atoms with Crippen LogP contribution in [0.4, 0.5) is 5.69 Å². The standard InChI is InChI=1S/C29H30N6O/c1-5-6-8-20(16-30)25-17-35(18-33-25)26-10-7-9-22-21(13-14-32-27(22)26)19-11-12-23(28(31)36)24(15-19)34-29(2,3)4/h5-18,34H,1,30H2,2-4H3,(H2,31,36)/b8-6-,20-16+. The molecule has 5 N–H and O–H groups in total. The fourth-order valence-electron chi connectivity index (χ4n) is 4.06. The van der Waals surface area contributed by atoms with E-state index in [4.69, 9.17) is 16.5 Å². The molecule has 0 aliphatic carbocycles. The first-order valence-electron chi connectivity index (χ1n) is 11.6. The van der Waals surface area contributed by atoms with E-state index in [1.807, 2.05) is 80.1 Å². The summed E-state index contributed by atoms with van der Waals surface area (Å²) in [6, 6.07) is 13.6. The van der Waals surface area contributed by atoms with E-state index in [0.717, 1.165) is 39.0 Å². The number of pyridine rings is 1. The van der Waals surface area contributed by atoms with Gasteiger partial charge >= 0.3 is 0 Å². The number of anilines is 1. The number of fused-ring (bicyclic) bond motifs is 1. The van der Waals surface area contributed by atoms with Gasteiger partial charge in [-0.25, -0.2) is 4.98 Å². The molecule has 182 valence electrons. The molecule has 4 rings (SSSR count). The summed E-state index contributed by atoms with van der Waals surface area (Å²) in [5.41, 5.74) is 17.5. The number of amides is 1. The van der Waals surface area contributed by atoms with E-state index in [1.165, 1.54) is 6.20 Å². The van der Waals surface area contributed by atoms with E-state index in [9.17, 15) is 4.79 Å². The molecule has 0 spiro atoms. The molecular weight excluding hydrogens is 448 g/mol. The van der Waals surface area contributed by atoms with Gasteiger partial charge in [0.05, 0.1) is 28.8 Å². The second kappa shape index (κ2) is 9.92. The average Bonchev–Trinajstić information content (AvgIpc) is 3.32. The number of allylic oxidation sites excluding steroid dienone is 4. The van der Waals surface area contributed by atoms with Crippen molar-refractivity contribution >= 4 is 28.1 Å². The topological polar surface area (TPSA) is 112 Å². The Labute approximate surface area is 210 Å². The highest BCUT2D eigenvalue weighted by Crippen LogP contribution is 2.33. The van der Waals surface area contributed by atoms with Gasteiger partial charge in [-0.05, 0) is 56.2 Å². The summed E-state index contributed by atoms with van der Waals surface area (Å²) in [5.74, 6) is -0.472. The summed E-state index contributed by atoms with van der Waals surface area (Å²) in [6.07, 6.45) is 12.3. The molecule has 0 aliphatic heterocycles. The molecule has 2 aromatic heterocycles. The van der Waals surface area contributed by atoms with Crippen molar-refractivity contribution in [3.05, 3.63) is 103 Å². The van der Waals surface area contributed by atoms with Crippen molar-refractivity contribution in [1.29, 1.82) is 0 Å². The largest absolute Gasteiger partial charge is 0.404 e. The summed E-state index contributed by atoms with van der Waals surface area (Å²) >= 11 is 0. The van der Waals surface area contributed by atoms with E-state index in [1.54, 1.807) is 24.7 Å². The fourth-order valence-corrected chi connectivity index (χ4v) is 4.06.